The van der Waals surface area contributed by atoms with Gasteiger partial charge in [-0.2, -0.15) is 5.10 Å². The lowest BCUT2D eigenvalue weighted by atomic mass is 9.76. The predicted molar refractivity (Wildman–Crippen MR) is 138 cm³/mol. The fraction of sp³-hybridized carbons (Fsp3) is 0.207. The van der Waals surface area contributed by atoms with Crippen LogP contribution in [0, 0.1) is 5.92 Å². The number of carbonyl (C=O) groups is 2. The number of aromatic hydroxyl groups is 1. The lowest BCUT2D eigenvalue weighted by Gasteiger charge is -2.37. The number of esters is 1. The summed E-state index contributed by atoms with van der Waals surface area (Å²) in [5.74, 6) is -0.307. The topological polar surface area (TPSA) is 100 Å². The van der Waals surface area contributed by atoms with Crippen LogP contribution in [0.15, 0.2) is 84.0 Å². The van der Waals surface area contributed by atoms with Gasteiger partial charge in [-0.05, 0) is 72.4 Å². The van der Waals surface area contributed by atoms with Gasteiger partial charge < -0.3 is 15.2 Å². The molecule has 0 bridgehead atoms. The van der Waals surface area contributed by atoms with Gasteiger partial charge in [0.2, 0.25) is 0 Å². The van der Waals surface area contributed by atoms with Crippen LogP contribution in [0.2, 0.25) is 0 Å². The molecule has 3 atom stereocenters. The van der Waals surface area contributed by atoms with E-state index in [9.17, 15) is 14.7 Å². The van der Waals surface area contributed by atoms with E-state index in [-0.39, 0.29) is 29.2 Å². The van der Waals surface area contributed by atoms with Crippen molar-refractivity contribution < 1.29 is 19.4 Å². The number of phenols is 1. The van der Waals surface area contributed by atoms with E-state index in [2.05, 4.69) is 34.1 Å². The van der Waals surface area contributed by atoms with Gasteiger partial charge in [0.1, 0.15) is 5.75 Å². The fourth-order valence-corrected chi connectivity index (χ4v) is 5.02. The molecule has 1 amide bonds. The van der Waals surface area contributed by atoms with Crippen molar-refractivity contribution in [1.82, 2.24) is 5.43 Å². The smallest absolute Gasteiger partial charge is 0.337 e. The first-order valence-electron chi connectivity index (χ1n) is 11.8. The SMILES string of the molecule is COC(=O)c1ccc(C2Nc3ccc(/C(C)=N/NC(=O)c4ccccc4O)cc3C3C=CCC32)cc1. The maximum atomic E-state index is 12.4. The van der Waals surface area contributed by atoms with Crippen LogP contribution in [0.5, 0.6) is 5.75 Å². The summed E-state index contributed by atoms with van der Waals surface area (Å²) in [4.78, 5) is 24.2. The number of carbonyl (C=O) groups excluding carboxylic acids is 2. The third kappa shape index (κ3) is 4.35. The number of hydrogen-bond acceptors (Lipinski definition) is 6. The van der Waals surface area contributed by atoms with Gasteiger partial charge in [-0.1, -0.05) is 42.5 Å². The highest BCUT2D eigenvalue weighted by molar-refractivity contribution is 6.02. The summed E-state index contributed by atoms with van der Waals surface area (Å²) in [6.45, 7) is 1.84. The molecule has 1 aliphatic carbocycles. The summed E-state index contributed by atoms with van der Waals surface area (Å²) in [7, 11) is 1.38. The molecule has 3 aromatic rings. The summed E-state index contributed by atoms with van der Waals surface area (Å²) in [5.41, 5.74) is 8.19. The van der Waals surface area contributed by atoms with Gasteiger partial charge in [0.05, 0.1) is 30.0 Å². The largest absolute Gasteiger partial charge is 0.507 e. The molecule has 0 fully saturated rings. The molecule has 36 heavy (non-hydrogen) atoms. The minimum Gasteiger partial charge on any atom is -0.507 e. The Kier molecular flexibility index (Phi) is 6.29. The molecule has 0 saturated carbocycles. The second-order valence-electron chi connectivity index (χ2n) is 9.05. The Morgan fingerprint density at radius 3 is 2.56 bits per heavy atom. The maximum absolute atomic E-state index is 12.4. The molecule has 3 N–H and O–H groups in total. The number of para-hydroxylation sites is 1. The van der Waals surface area contributed by atoms with Crippen molar-refractivity contribution in [2.24, 2.45) is 11.0 Å². The van der Waals surface area contributed by atoms with Crippen molar-refractivity contribution in [3.05, 3.63) is 107 Å². The lowest BCUT2D eigenvalue weighted by molar-refractivity contribution is 0.0600. The molecule has 0 spiro atoms. The van der Waals surface area contributed by atoms with Crippen molar-refractivity contribution in [1.29, 1.82) is 0 Å². The number of ether oxygens (including phenoxy) is 1. The number of nitrogens with zero attached hydrogens (tertiary/aromatic N) is 1. The number of benzene rings is 3. The second kappa shape index (κ2) is 9.70. The van der Waals surface area contributed by atoms with Crippen molar-refractivity contribution >= 4 is 23.3 Å². The monoisotopic (exact) mass is 481 g/mol. The summed E-state index contributed by atoms with van der Waals surface area (Å²) >= 11 is 0. The predicted octanol–water partition coefficient (Wildman–Crippen LogP) is 5.16. The number of nitrogens with one attached hydrogen (secondary N) is 2. The highest BCUT2D eigenvalue weighted by atomic mass is 16.5. The van der Waals surface area contributed by atoms with E-state index < -0.39 is 5.91 Å². The van der Waals surface area contributed by atoms with Gasteiger partial charge in [0.15, 0.2) is 0 Å². The summed E-state index contributed by atoms with van der Waals surface area (Å²) in [6, 6.07) is 20.2. The highest BCUT2D eigenvalue weighted by Crippen LogP contribution is 2.50. The van der Waals surface area contributed by atoms with E-state index >= 15 is 0 Å². The second-order valence-corrected chi connectivity index (χ2v) is 9.05. The van der Waals surface area contributed by atoms with E-state index in [1.807, 2.05) is 43.3 Å². The first-order valence-corrected chi connectivity index (χ1v) is 11.8. The third-order valence-electron chi connectivity index (χ3n) is 6.95. The number of hydrazone groups is 1. The Balaban J connectivity index is 1.38. The van der Waals surface area contributed by atoms with E-state index in [0.717, 1.165) is 23.2 Å². The van der Waals surface area contributed by atoms with Crippen LogP contribution in [0.25, 0.3) is 0 Å². The normalized spacial score (nSPS) is 20.2. The van der Waals surface area contributed by atoms with Crippen molar-refractivity contribution in [2.45, 2.75) is 25.3 Å². The molecule has 3 unspecified atom stereocenters. The summed E-state index contributed by atoms with van der Waals surface area (Å²) < 4.78 is 4.82. The number of allylic oxidation sites excluding steroid dienone is 2. The third-order valence-corrected chi connectivity index (χ3v) is 6.95. The first kappa shape index (κ1) is 23.4. The average molecular weight is 482 g/mol. The van der Waals surface area contributed by atoms with Crippen molar-refractivity contribution in [3.8, 4) is 5.75 Å². The van der Waals surface area contributed by atoms with Gasteiger partial charge in [-0.25, -0.2) is 10.2 Å². The van der Waals surface area contributed by atoms with Crippen LogP contribution in [0.1, 0.15) is 62.7 Å². The molecular weight excluding hydrogens is 454 g/mol. The van der Waals surface area contributed by atoms with Crippen LogP contribution >= 0.6 is 0 Å². The zero-order chi connectivity index (χ0) is 25.2. The molecule has 0 radical (unpaired) electrons. The number of anilines is 1. The highest BCUT2D eigenvalue weighted by Gasteiger charge is 2.38. The van der Waals surface area contributed by atoms with Gasteiger partial charge in [-0.15, -0.1) is 0 Å². The molecular formula is C29H27N3O4. The number of fused-ring (bicyclic) bond motifs is 3. The lowest BCUT2D eigenvalue weighted by Crippen LogP contribution is -2.29. The number of methoxy groups -OCH3 is 1. The quantitative estimate of drug-likeness (QED) is 0.202. The molecule has 7 nitrogen and oxygen atoms in total. The molecule has 0 saturated heterocycles. The fourth-order valence-electron chi connectivity index (χ4n) is 5.02. The minimum absolute atomic E-state index is 0.0868. The number of amides is 1. The van der Waals surface area contributed by atoms with E-state index in [1.165, 1.54) is 18.7 Å². The van der Waals surface area contributed by atoms with Gasteiger partial charge in [-0.3, -0.25) is 4.79 Å². The van der Waals surface area contributed by atoms with Crippen LogP contribution < -0.4 is 10.7 Å². The molecule has 2 aliphatic rings. The Bertz CT molecular complexity index is 1380. The summed E-state index contributed by atoms with van der Waals surface area (Å²) in [5, 5.41) is 17.9. The van der Waals surface area contributed by atoms with Gasteiger partial charge >= 0.3 is 5.97 Å². The zero-order valence-electron chi connectivity index (χ0n) is 20.1. The van der Waals surface area contributed by atoms with Crippen LogP contribution in [0.4, 0.5) is 5.69 Å². The van der Waals surface area contributed by atoms with Crippen LogP contribution in [-0.4, -0.2) is 29.8 Å². The minimum atomic E-state index is -0.466. The first-order chi connectivity index (χ1) is 17.5. The van der Waals surface area contributed by atoms with Crippen molar-refractivity contribution in [2.75, 3.05) is 12.4 Å². The van der Waals surface area contributed by atoms with Crippen molar-refractivity contribution in [3.63, 3.8) is 0 Å². The van der Waals surface area contributed by atoms with Crippen LogP contribution in [-0.2, 0) is 4.74 Å². The Morgan fingerprint density at radius 2 is 1.81 bits per heavy atom. The number of phenolic OH excluding ortho intramolecular Hbond substituents is 1. The molecule has 182 valence electrons. The Morgan fingerprint density at radius 1 is 1.06 bits per heavy atom. The average Bonchev–Trinajstić information content (AvgIpc) is 3.41. The van der Waals surface area contributed by atoms with E-state index in [0.29, 0.717) is 17.2 Å². The molecule has 5 rings (SSSR count). The van der Waals surface area contributed by atoms with E-state index in [4.69, 9.17) is 4.74 Å². The molecule has 1 heterocycles. The zero-order valence-corrected chi connectivity index (χ0v) is 20.1. The van der Waals surface area contributed by atoms with Gasteiger partial charge in [0.25, 0.3) is 5.91 Å². The van der Waals surface area contributed by atoms with Crippen LogP contribution in [0.3, 0.4) is 0 Å². The molecule has 0 aromatic heterocycles. The van der Waals surface area contributed by atoms with E-state index in [1.54, 1.807) is 18.2 Å². The molecule has 1 aliphatic heterocycles. The number of rotatable bonds is 5. The van der Waals surface area contributed by atoms with Gasteiger partial charge in [0, 0.05) is 11.6 Å². The summed E-state index contributed by atoms with van der Waals surface area (Å²) in [6.07, 6.45) is 5.44. The maximum Gasteiger partial charge on any atom is 0.337 e. The molecule has 3 aromatic carbocycles. The molecule has 7 heteroatoms. The Hall–Kier alpha value is -4.39. The number of hydrogen-bond donors (Lipinski definition) is 3. The standard InChI is InChI=1S/C29H27N3O4/c1-17(31-32-28(34)23-6-3-4-9-26(23)33)20-14-15-25-24(16-20)21-7-5-8-22(21)27(30-25)18-10-12-19(13-11-18)29(35)36-2/h3-7,9-16,21-22,27,30,33H,8H2,1-2H3,(H,32,34)/b31-17+. The Labute approximate surface area is 209 Å².